The second-order valence-corrected chi connectivity index (χ2v) is 4.25. The maximum atomic E-state index is 12.0. The van der Waals surface area contributed by atoms with Gasteiger partial charge in [-0.15, -0.1) is 12.4 Å². The summed E-state index contributed by atoms with van der Waals surface area (Å²) in [5, 5.41) is 13.8. The van der Waals surface area contributed by atoms with Crippen LogP contribution >= 0.6 is 12.4 Å². The van der Waals surface area contributed by atoms with Gasteiger partial charge in [0.05, 0.1) is 12.0 Å². The Morgan fingerprint density at radius 1 is 1.59 bits per heavy atom. The fourth-order valence-corrected chi connectivity index (χ4v) is 1.53. The molecule has 1 fully saturated rings. The Morgan fingerprint density at radius 3 is 2.59 bits per heavy atom. The average Bonchev–Trinajstić information content (AvgIpc) is 2.60. The van der Waals surface area contributed by atoms with E-state index in [4.69, 9.17) is 5.11 Å². The molecule has 0 aliphatic carbocycles. The first-order valence-corrected chi connectivity index (χ1v) is 4.99. The third-order valence-electron chi connectivity index (χ3n) is 2.75. The van der Waals surface area contributed by atoms with Gasteiger partial charge in [0, 0.05) is 6.54 Å². The molecule has 1 saturated heterocycles. The summed E-state index contributed by atoms with van der Waals surface area (Å²) in [6.07, 6.45) is -6.61. The van der Waals surface area contributed by atoms with Crippen molar-refractivity contribution in [3.8, 4) is 0 Å². The summed E-state index contributed by atoms with van der Waals surface area (Å²) in [6.45, 7) is 2.01. The van der Waals surface area contributed by atoms with E-state index < -0.39 is 30.1 Å². The molecule has 2 atom stereocenters. The van der Waals surface area contributed by atoms with E-state index in [1.807, 2.05) is 0 Å². The van der Waals surface area contributed by atoms with Gasteiger partial charge < -0.3 is 15.7 Å². The van der Waals surface area contributed by atoms with Crippen LogP contribution in [-0.2, 0) is 4.79 Å². The Labute approximate surface area is 103 Å². The minimum absolute atomic E-state index is 0. The van der Waals surface area contributed by atoms with Crippen LogP contribution in [0.2, 0.25) is 0 Å². The number of hydrogen-bond acceptors (Lipinski definition) is 3. The number of aliphatic hydroxyl groups is 1. The Hall–Kier alpha value is -0.530. The minimum atomic E-state index is -4.69. The van der Waals surface area contributed by atoms with E-state index >= 15 is 0 Å². The van der Waals surface area contributed by atoms with Gasteiger partial charge in [0.25, 0.3) is 0 Å². The van der Waals surface area contributed by atoms with Crippen molar-refractivity contribution in [2.45, 2.75) is 25.6 Å². The van der Waals surface area contributed by atoms with E-state index in [9.17, 15) is 18.0 Å². The summed E-state index contributed by atoms with van der Waals surface area (Å²) in [5.74, 6) is -0.458. The number of nitrogens with one attached hydrogen (secondary N) is 2. The highest BCUT2D eigenvalue weighted by atomic mass is 35.5. The van der Waals surface area contributed by atoms with Crippen molar-refractivity contribution >= 4 is 18.3 Å². The maximum absolute atomic E-state index is 12.0. The molecule has 2 unspecified atom stereocenters. The standard InChI is InChI=1S/C9H15F3N2O2.ClH/c1-8(2-3-13-5-8)7(16)14-4-6(15)9(10,11)12;/h6,13,15H,2-5H2,1H3,(H,14,16);1H. The highest BCUT2D eigenvalue weighted by Crippen LogP contribution is 2.25. The lowest BCUT2D eigenvalue weighted by atomic mass is 9.89. The summed E-state index contributed by atoms with van der Waals surface area (Å²) in [7, 11) is 0. The smallest absolute Gasteiger partial charge is 0.382 e. The molecule has 1 aliphatic rings. The largest absolute Gasteiger partial charge is 0.416 e. The molecule has 8 heteroatoms. The van der Waals surface area contributed by atoms with E-state index in [2.05, 4.69) is 10.6 Å². The van der Waals surface area contributed by atoms with Crippen molar-refractivity contribution in [3.05, 3.63) is 0 Å². The first kappa shape index (κ1) is 16.5. The zero-order valence-corrected chi connectivity index (χ0v) is 10.1. The van der Waals surface area contributed by atoms with Gasteiger partial charge in [-0.25, -0.2) is 0 Å². The third-order valence-corrected chi connectivity index (χ3v) is 2.75. The van der Waals surface area contributed by atoms with E-state index in [1.165, 1.54) is 0 Å². The van der Waals surface area contributed by atoms with Crippen molar-refractivity contribution in [1.82, 2.24) is 10.6 Å². The SMILES string of the molecule is CC1(C(=O)NCC(O)C(F)(F)F)CCNC1.Cl. The van der Waals surface area contributed by atoms with Crippen molar-refractivity contribution in [2.24, 2.45) is 5.41 Å². The molecular formula is C9H16ClF3N2O2. The zero-order chi connectivity index (χ0) is 12.4. The molecule has 3 N–H and O–H groups in total. The summed E-state index contributed by atoms with van der Waals surface area (Å²) >= 11 is 0. The van der Waals surface area contributed by atoms with Gasteiger partial charge in [-0.1, -0.05) is 0 Å². The normalized spacial score (nSPS) is 26.2. The molecule has 0 radical (unpaired) electrons. The average molecular weight is 277 g/mol. The van der Waals surface area contributed by atoms with Crippen molar-refractivity contribution in [3.63, 3.8) is 0 Å². The number of rotatable bonds is 3. The maximum Gasteiger partial charge on any atom is 0.416 e. The molecule has 0 saturated carbocycles. The number of hydrogen-bond donors (Lipinski definition) is 3. The van der Waals surface area contributed by atoms with Gasteiger partial charge in [-0.3, -0.25) is 4.79 Å². The van der Waals surface area contributed by atoms with E-state index in [-0.39, 0.29) is 12.4 Å². The van der Waals surface area contributed by atoms with Crippen molar-refractivity contribution in [2.75, 3.05) is 19.6 Å². The Morgan fingerprint density at radius 2 is 2.18 bits per heavy atom. The highest BCUT2D eigenvalue weighted by Gasteiger charge is 2.40. The van der Waals surface area contributed by atoms with Crippen LogP contribution in [0.1, 0.15) is 13.3 Å². The van der Waals surface area contributed by atoms with Crippen LogP contribution in [-0.4, -0.2) is 42.9 Å². The molecule has 1 rings (SSSR count). The molecule has 1 amide bonds. The molecule has 0 spiro atoms. The minimum Gasteiger partial charge on any atom is -0.382 e. The van der Waals surface area contributed by atoms with Gasteiger partial charge in [0.15, 0.2) is 6.10 Å². The predicted molar refractivity (Wildman–Crippen MR) is 57.9 cm³/mol. The van der Waals surface area contributed by atoms with Crippen molar-refractivity contribution < 1.29 is 23.1 Å². The van der Waals surface area contributed by atoms with Crippen LogP contribution in [0.3, 0.4) is 0 Å². The van der Waals surface area contributed by atoms with E-state index in [0.29, 0.717) is 19.5 Å². The second-order valence-electron chi connectivity index (χ2n) is 4.25. The first-order chi connectivity index (χ1) is 7.26. The Kier molecular flexibility index (Phi) is 5.70. The number of amides is 1. The fourth-order valence-electron chi connectivity index (χ4n) is 1.53. The van der Waals surface area contributed by atoms with Gasteiger partial charge >= 0.3 is 6.18 Å². The lowest BCUT2D eigenvalue weighted by Gasteiger charge is -2.23. The Balaban J connectivity index is 0.00000256. The van der Waals surface area contributed by atoms with Gasteiger partial charge in [0.1, 0.15) is 0 Å². The second kappa shape index (κ2) is 5.88. The van der Waals surface area contributed by atoms with Crippen molar-refractivity contribution in [1.29, 1.82) is 0 Å². The molecule has 4 nitrogen and oxygen atoms in total. The Bertz CT molecular complexity index is 267. The van der Waals surface area contributed by atoms with E-state index in [0.717, 1.165) is 0 Å². The topological polar surface area (TPSA) is 61.4 Å². The third kappa shape index (κ3) is 4.33. The highest BCUT2D eigenvalue weighted by molar-refractivity contribution is 5.85. The number of carbonyl (C=O) groups excluding carboxylic acids is 1. The fraction of sp³-hybridized carbons (Fsp3) is 0.889. The van der Waals surface area contributed by atoms with Crippen LogP contribution in [0.15, 0.2) is 0 Å². The van der Waals surface area contributed by atoms with Gasteiger partial charge in [-0.05, 0) is 19.9 Å². The van der Waals surface area contributed by atoms with E-state index in [1.54, 1.807) is 6.92 Å². The molecule has 102 valence electrons. The molecule has 1 heterocycles. The quantitative estimate of drug-likeness (QED) is 0.701. The molecular weight excluding hydrogens is 261 g/mol. The summed E-state index contributed by atoms with van der Waals surface area (Å²) in [5.41, 5.74) is -0.675. The number of halogens is 4. The lowest BCUT2D eigenvalue weighted by molar-refractivity contribution is -0.202. The monoisotopic (exact) mass is 276 g/mol. The van der Waals surface area contributed by atoms with Crippen LogP contribution in [0.4, 0.5) is 13.2 Å². The summed E-state index contributed by atoms with van der Waals surface area (Å²) in [4.78, 5) is 11.6. The van der Waals surface area contributed by atoms with Crippen LogP contribution in [0, 0.1) is 5.41 Å². The van der Waals surface area contributed by atoms with Crippen LogP contribution < -0.4 is 10.6 Å². The summed E-state index contributed by atoms with van der Waals surface area (Å²) < 4.78 is 35.9. The number of aliphatic hydroxyl groups excluding tert-OH is 1. The molecule has 0 bridgehead atoms. The first-order valence-electron chi connectivity index (χ1n) is 4.99. The summed E-state index contributed by atoms with van der Waals surface area (Å²) in [6, 6.07) is 0. The molecule has 17 heavy (non-hydrogen) atoms. The van der Waals surface area contributed by atoms with Gasteiger partial charge in [0.2, 0.25) is 5.91 Å². The lowest BCUT2D eigenvalue weighted by Crippen LogP contribution is -2.46. The molecule has 0 aromatic rings. The molecule has 1 aliphatic heterocycles. The van der Waals surface area contributed by atoms with Gasteiger partial charge in [-0.2, -0.15) is 13.2 Å². The van der Waals surface area contributed by atoms with Crippen LogP contribution in [0.25, 0.3) is 0 Å². The number of alkyl halides is 3. The van der Waals surface area contributed by atoms with Crippen LogP contribution in [0.5, 0.6) is 0 Å². The molecule has 0 aromatic carbocycles. The number of carbonyl (C=O) groups is 1. The predicted octanol–water partition coefficient (Wildman–Crippen LogP) is 0.447. The molecule has 0 aromatic heterocycles. The zero-order valence-electron chi connectivity index (χ0n) is 9.30.